The van der Waals surface area contributed by atoms with Crippen molar-refractivity contribution in [1.82, 2.24) is 4.31 Å². The highest BCUT2D eigenvalue weighted by molar-refractivity contribution is 9.10. The van der Waals surface area contributed by atoms with E-state index in [2.05, 4.69) is 22.9 Å². The number of hydrogen-bond donors (Lipinski definition) is 1. The predicted molar refractivity (Wildman–Crippen MR) is 84.9 cm³/mol. The Bertz CT molecular complexity index is 589. The summed E-state index contributed by atoms with van der Waals surface area (Å²) < 4.78 is 27.8. The van der Waals surface area contributed by atoms with Gasteiger partial charge in [0.05, 0.1) is 5.69 Å². The molecule has 1 aliphatic rings. The van der Waals surface area contributed by atoms with E-state index in [0.29, 0.717) is 11.6 Å². The van der Waals surface area contributed by atoms with Crippen molar-refractivity contribution in [2.45, 2.75) is 43.5 Å². The van der Waals surface area contributed by atoms with Gasteiger partial charge < -0.3 is 5.73 Å². The second kappa shape index (κ2) is 6.03. The van der Waals surface area contributed by atoms with Crippen LogP contribution in [0, 0.1) is 5.92 Å². The number of nitrogen functional groups attached to an aromatic ring is 1. The number of anilines is 1. The standard InChI is InChI=1S/C14H21BrN2O2S/c1-10-5-3-4-6-13(10)17(2)20(18,19)14-9-11(15)7-8-12(14)16/h7-10,13H,3-6,16H2,1-2H3. The van der Waals surface area contributed by atoms with E-state index in [1.54, 1.807) is 25.2 Å². The lowest BCUT2D eigenvalue weighted by molar-refractivity contribution is 0.213. The van der Waals surface area contributed by atoms with Gasteiger partial charge >= 0.3 is 0 Å². The van der Waals surface area contributed by atoms with E-state index in [9.17, 15) is 8.42 Å². The molecule has 0 aliphatic heterocycles. The fourth-order valence-corrected chi connectivity index (χ4v) is 5.04. The molecule has 0 radical (unpaired) electrons. The molecular weight excluding hydrogens is 340 g/mol. The van der Waals surface area contributed by atoms with Gasteiger partial charge in [-0.1, -0.05) is 35.7 Å². The largest absolute Gasteiger partial charge is 0.398 e. The molecule has 112 valence electrons. The summed E-state index contributed by atoms with van der Waals surface area (Å²) in [6.07, 6.45) is 4.27. The van der Waals surface area contributed by atoms with Gasteiger partial charge in [0.2, 0.25) is 10.0 Å². The first-order valence-corrected chi connectivity index (χ1v) is 9.10. The number of hydrogen-bond acceptors (Lipinski definition) is 3. The highest BCUT2D eigenvalue weighted by atomic mass is 79.9. The molecule has 0 aromatic heterocycles. The molecule has 20 heavy (non-hydrogen) atoms. The van der Waals surface area contributed by atoms with E-state index in [1.165, 1.54) is 10.7 Å². The smallest absolute Gasteiger partial charge is 0.245 e. The SMILES string of the molecule is CC1CCCCC1N(C)S(=O)(=O)c1cc(Br)ccc1N. The summed E-state index contributed by atoms with van der Waals surface area (Å²) in [6, 6.07) is 5.01. The zero-order valence-electron chi connectivity index (χ0n) is 11.8. The zero-order chi connectivity index (χ0) is 14.9. The molecule has 1 aromatic rings. The third-order valence-electron chi connectivity index (χ3n) is 4.17. The van der Waals surface area contributed by atoms with E-state index in [1.807, 2.05) is 0 Å². The molecule has 1 aromatic carbocycles. The average molecular weight is 361 g/mol. The van der Waals surface area contributed by atoms with Crippen LogP contribution in [0.4, 0.5) is 5.69 Å². The van der Waals surface area contributed by atoms with E-state index >= 15 is 0 Å². The average Bonchev–Trinajstić information content (AvgIpc) is 2.41. The number of rotatable bonds is 3. The zero-order valence-corrected chi connectivity index (χ0v) is 14.2. The molecule has 0 heterocycles. The first kappa shape index (κ1) is 15.8. The Hall–Kier alpha value is -0.590. The van der Waals surface area contributed by atoms with Gasteiger partial charge in [0, 0.05) is 17.6 Å². The van der Waals surface area contributed by atoms with Crippen molar-refractivity contribution in [3.63, 3.8) is 0 Å². The van der Waals surface area contributed by atoms with Gasteiger partial charge in [-0.3, -0.25) is 0 Å². The van der Waals surface area contributed by atoms with E-state index < -0.39 is 10.0 Å². The first-order valence-electron chi connectivity index (χ1n) is 6.87. The maximum absolute atomic E-state index is 12.8. The summed E-state index contributed by atoms with van der Waals surface area (Å²) in [6.45, 7) is 2.13. The third-order valence-corrected chi connectivity index (χ3v) is 6.60. The van der Waals surface area contributed by atoms with Crippen molar-refractivity contribution < 1.29 is 8.42 Å². The molecule has 6 heteroatoms. The Morgan fingerprint density at radius 3 is 2.60 bits per heavy atom. The van der Waals surface area contributed by atoms with Crippen LogP contribution in [-0.2, 0) is 10.0 Å². The lowest BCUT2D eigenvalue weighted by Crippen LogP contribution is -2.42. The highest BCUT2D eigenvalue weighted by Crippen LogP contribution is 2.32. The van der Waals surface area contributed by atoms with Gasteiger partial charge in [-0.05, 0) is 37.0 Å². The second-order valence-corrected chi connectivity index (χ2v) is 8.41. The van der Waals surface area contributed by atoms with Crippen LogP contribution < -0.4 is 5.73 Å². The Morgan fingerprint density at radius 2 is 1.95 bits per heavy atom. The maximum atomic E-state index is 12.8. The lowest BCUT2D eigenvalue weighted by atomic mass is 9.86. The van der Waals surface area contributed by atoms with Gasteiger partial charge in [0.15, 0.2) is 0 Å². The van der Waals surface area contributed by atoms with Gasteiger partial charge in [0.1, 0.15) is 4.90 Å². The van der Waals surface area contributed by atoms with Gasteiger partial charge in [-0.15, -0.1) is 0 Å². The van der Waals surface area contributed by atoms with Crippen molar-refractivity contribution in [3.05, 3.63) is 22.7 Å². The summed E-state index contributed by atoms with van der Waals surface area (Å²) in [5.74, 6) is 0.386. The molecule has 0 amide bonds. The highest BCUT2D eigenvalue weighted by Gasteiger charge is 2.33. The molecule has 0 spiro atoms. The molecular formula is C14H21BrN2O2S. The third kappa shape index (κ3) is 3.02. The van der Waals surface area contributed by atoms with Crippen LogP contribution in [-0.4, -0.2) is 25.8 Å². The minimum absolute atomic E-state index is 0.0622. The quantitative estimate of drug-likeness (QED) is 0.841. The van der Waals surface area contributed by atoms with Crippen LogP contribution in [0.25, 0.3) is 0 Å². The molecule has 2 unspecified atom stereocenters. The summed E-state index contributed by atoms with van der Waals surface area (Å²) in [4.78, 5) is 0.187. The summed E-state index contributed by atoms with van der Waals surface area (Å²) in [5.41, 5.74) is 6.15. The summed E-state index contributed by atoms with van der Waals surface area (Å²) in [7, 11) is -1.88. The maximum Gasteiger partial charge on any atom is 0.245 e. The molecule has 1 aliphatic carbocycles. The van der Waals surface area contributed by atoms with Crippen molar-refractivity contribution in [2.24, 2.45) is 5.92 Å². The minimum Gasteiger partial charge on any atom is -0.398 e. The Morgan fingerprint density at radius 1 is 1.30 bits per heavy atom. The van der Waals surface area contributed by atoms with Crippen LogP contribution in [0.2, 0.25) is 0 Å². The first-order chi connectivity index (χ1) is 9.34. The van der Waals surface area contributed by atoms with Crippen molar-refractivity contribution in [3.8, 4) is 0 Å². The predicted octanol–water partition coefficient (Wildman–Crippen LogP) is 3.23. The molecule has 2 N–H and O–H groups in total. The topological polar surface area (TPSA) is 63.4 Å². The van der Waals surface area contributed by atoms with Crippen LogP contribution in [0.15, 0.2) is 27.6 Å². The number of sulfonamides is 1. The molecule has 0 bridgehead atoms. The fourth-order valence-electron chi connectivity index (χ4n) is 2.90. The summed E-state index contributed by atoms with van der Waals surface area (Å²) >= 11 is 3.31. The molecule has 4 nitrogen and oxygen atoms in total. The number of halogens is 1. The molecule has 1 fully saturated rings. The van der Waals surface area contributed by atoms with Crippen LogP contribution in [0.3, 0.4) is 0 Å². The minimum atomic E-state index is -3.55. The van der Waals surface area contributed by atoms with Crippen LogP contribution in [0.5, 0.6) is 0 Å². The Balaban J connectivity index is 2.36. The van der Waals surface area contributed by atoms with E-state index in [4.69, 9.17) is 5.73 Å². The fraction of sp³-hybridized carbons (Fsp3) is 0.571. The molecule has 1 saturated carbocycles. The van der Waals surface area contributed by atoms with Gasteiger partial charge in [-0.2, -0.15) is 4.31 Å². The molecule has 0 saturated heterocycles. The van der Waals surface area contributed by atoms with Gasteiger partial charge in [0.25, 0.3) is 0 Å². The van der Waals surface area contributed by atoms with Crippen molar-refractivity contribution >= 4 is 31.6 Å². The van der Waals surface area contributed by atoms with Crippen LogP contribution >= 0.6 is 15.9 Å². The molecule has 2 atom stereocenters. The molecule has 2 rings (SSSR count). The van der Waals surface area contributed by atoms with Crippen molar-refractivity contribution in [1.29, 1.82) is 0 Å². The van der Waals surface area contributed by atoms with E-state index in [0.717, 1.165) is 23.7 Å². The number of nitrogens with two attached hydrogens (primary N) is 1. The Kier molecular flexibility index (Phi) is 4.76. The second-order valence-electron chi connectivity index (χ2n) is 5.53. The number of nitrogens with zero attached hydrogens (tertiary/aromatic N) is 1. The Labute approximate surface area is 129 Å². The monoisotopic (exact) mass is 360 g/mol. The summed E-state index contributed by atoms with van der Waals surface area (Å²) in [5, 5.41) is 0. The van der Waals surface area contributed by atoms with Gasteiger partial charge in [-0.25, -0.2) is 8.42 Å². The van der Waals surface area contributed by atoms with Crippen molar-refractivity contribution in [2.75, 3.05) is 12.8 Å². The van der Waals surface area contributed by atoms with E-state index in [-0.39, 0.29) is 10.9 Å². The lowest BCUT2D eigenvalue weighted by Gasteiger charge is -2.35. The normalized spacial score (nSPS) is 24.0. The van der Waals surface area contributed by atoms with Crippen LogP contribution in [0.1, 0.15) is 32.6 Å². The number of benzene rings is 1.